The molecule has 1 aliphatic heterocycles. The van der Waals surface area contributed by atoms with E-state index in [0.29, 0.717) is 19.5 Å². The van der Waals surface area contributed by atoms with Crippen LogP contribution in [0.4, 0.5) is 0 Å². The molecule has 0 aromatic rings. The van der Waals surface area contributed by atoms with Gasteiger partial charge in [-0.2, -0.15) is 0 Å². The van der Waals surface area contributed by atoms with Crippen LogP contribution in [0.15, 0.2) is 0 Å². The molecule has 1 unspecified atom stereocenters. The van der Waals surface area contributed by atoms with Gasteiger partial charge in [-0.1, -0.05) is 0 Å². The molecule has 1 rings (SSSR count). The minimum absolute atomic E-state index is 0.165. The van der Waals surface area contributed by atoms with Crippen LogP contribution in [0.2, 0.25) is 0 Å². The minimum atomic E-state index is -0.782. The summed E-state index contributed by atoms with van der Waals surface area (Å²) in [4.78, 5) is 12.8. The molecule has 0 bridgehead atoms. The molecule has 1 heterocycles. The number of nitrogens with zero attached hydrogens (tertiary/aromatic N) is 1. The zero-order chi connectivity index (χ0) is 8.27. The quantitative estimate of drug-likeness (QED) is 0.537. The highest BCUT2D eigenvalue weighted by molar-refractivity contribution is 5.81. The molecular weight excluding hydrogens is 144 g/mol. The minimum Gasteiger partial charge on any atom is -0.383 e. The Balaban J connectivity index is 2.44. The Morgan fingerprint density at radius 1 is 1.73 bits per heavy atom. The van der Waals surface area contributed by atoms with Gasteiger partial charge in [-0.05, 0) is 12.8 Å². The molecule has 1 aliphatic rings. The first-order valence-corrected chi connectivity index (χ1v) is 3.92. The van der Waals surface area contributed by atoms with Crippen molar-refractivity contribution in [3.05, 3.63) is 0 Å². The predicted octanol–water partition coefficient (Wildman–Crippen LogP) is -1.07. The Labute approximate surface area is 66.0 Å². The maximum atomic E-state index is 11.1. The second-order valence-corrected chi connectivity index (χ2v) is 2.77. The van der Waals surface area contributed by atoms with Gasteiger partial charge in [0.15, 0.2) is 0 Å². The third kappa shape index (κ3) is 1.91. The summed E-state index contributed by atoms with van der Waals surface area (Å²) in [5, 5.41) is 9.14. The van der Waals surface area contributed by atoms with Crippen molar-refractivity contribution in [2.45, 2.75) is 18.9 Å². The summed E-state index contributed by atoms with van der Waals surface area (Å²) in [5.74, 6) is -0.165. The number of carbonyl (C=O) groups excluding carboxylic acids is 1. The Bertz CT molecular complexity index is 147. The van der Waals surface area contributed by atoms with Crippen LogP contribution in [-0.4, -0.2) is 41.7 Å². The molecule has 1 atom stereocenters. The zero-order valence-corrected chi connectivity index (χ0v) is 6.49. The predicted molar refractivity (Wildman–Crippen MR) is 40.9 cm³/mol. The molecule has 0 radical (unpaired) electrons. The molecule has 0 spiro atoms. The van der Waals surface area contributed by atoms with E-state index in [9.17, 15) is 4.79 Å². The van der Waals surface area contributed by atoms with E-state index in [1.807, 2.05) is 0 Å². The molecule has 1 fully saturated rings. The summed E-state index contributed by atoms with van der Waals surface area (Å²) < 4.78 is 0. The van der Waals surface area contributed by atoms with E-state index in [-0.39, 0.29) is 5.91 Å². The highest BCUT2D eigenvalue weighted by Crippen LogP contribution is 2.10. The highest BCUT2D eigenvalue weighted by atomic mass is 16.3. The number of aliphatic hydroxyl groups excluding tert-OH is 1. The fraction of sp³-hybridized carbons (Fsp3) is 0.857. The number of likely N-dealkylation sites (tertiary alicyclic amines) is 1. The van der Waals surface area contributed by atoms with Crippen molar-refractivity contribution in [1.82, 2.24) is 4.90 Å². The Morgan fingerprint density at radius 2 is 2.45 bits per heavy atom. The summed E-state index contributed by atoms with van der Waals surface area (Å²) in [6.07, 6.45) is 0.697. The lowest BCUT2D eigenvalue weighted by Gasteiger charge is -2.29. The highest BCUT2D eigenvalue weighted by Gasteiger charge is 2.25. The Kier molecular flexibility index (Phi) is 2.84. The van der Waals surface area contributed by atoms with Gasteiger partial charge < -0.3 is 15.7 Å². The molecule has 0 aliphatic carbocycles. The molecular formula is C7H14N2O2. The van der Waals surface area contributed by atoms with Gasteiger partial charge >= 0.3 is 0 Å². The lowest BCUT2D eigenvalue weighted by Crippen LogP contribution is -2.46. The second-order valence-electron chi connectivity index (χ2n) is 2.77. The van der Waals surface area contributed by atoms with Crippen LogP contribution in [0.5, 0.6) is 0 Å². The molecule has 4 nitrogen and oxygen atoms in total. The van der Waals surface area contributed by atoms with Gasteiger partial charge in [0.05, 0.1) is 0 Å². The van der Waals surface area contributed by atoms with Crippen LogP contribution in [0.25, 0.3) is 0 Å². The summed E-state index contributed by atoms with van der Waals surface area (Å²) in [5.41, 5.74) is 5.29. The van der Waals surface area contributed by atoms with E-state index in [4.69, 9.17) is 10.8 Å². The summed E-state index contributed by atoms with van der Waals surface area (Å²) in [7, 11) is 0. The molecule has 1 amide bonds. The number of nitrogens with two attached hydrogens (primary N) is 1. The summed E-state index contributed by atoms with van der Waals surface area (Å²) in [6.45, 7) is 1.78. The number of carbonyl (C=O) groups is 1. The smallest absolute Gasteiger partial charge is 0.251 e. The van der Waals surface area contributed by atoms with Crippen LogP contribution in [-0.2, 0) is 4.79 Å². The molecule has 1 saturated heterocycles. The molecule has 11 heavy (non-hydrogen) atoms. The van der Waals surface area contributed by atoms with Gasteiger partial charge in [0, 0.05) is 19.6 Å². The maximum Gasteiger partial charge on any atom is 0.251 e. The first kappa shape index (κ1) is 8.49. The monoisotopic (exact) mass is 158 g/mol. The van der Waals surface area contributed by atoms with Gasteiger partial charge in [0.1, 0.15) is 6.10 Å². The van der Waals surface area contributed by atoms with Crippen LogP contribution in [0.1, 0.15) is 12.8 Å². The number of hydrogen-bond acceptors (Lipinski definition) is 3. The van der Waals surface area contributed by atoms with Crippen LogP contribution in [0.3, 0.4) is 0 Å². The van der Waals surface area contributed by atoms with Crippen molar-refractivity contribution >= 4 is 5.91 Å². The van der Waals surface area contributed by atoms with Gasteiger partial charge in [-0.3, -0.25) is 4.79 Å². The number of amides is 1. The molecule has 4 heteroatoms. The van der Waals surface area contributed by atoms with Gasteiger partial charge in [0.2, 0.25) is 0 Å². The first-order valence-electron chi connectivity index (χ1n) is 3.92. The molecule has 64 valence electrons. The third-order valence-electron chi connectivity index (χ3n) is 1.90. The normalized spacial score (nSPS) is 25.8. The molecule has 0 aromatic carbocycles. The largest absolute Gasteiger partial charge is 0.383 e. The standard InChI is InChI=1S/C7H14N2O2/c8-3-5-9-4-1-2-6(10)7(9)11/h6,10H,1-5,8H2. The Hall–Kier alpha value is -0.610. The fourth-order valence-corrected chi connectivity index (χ4v) is 1.30. The Morgan fingerprint density at radius 3 is 3.09 bits per heavy atom. The fourth-order valence-electron chi connectivity index (χ4n) is 1.30. The summed E-state index contributed by atoms with van der Waals surface area (Å²) >= 11 is 0. The van der Waals surface area contributed by atoms with Crippen molar-refractivity contribution in [2.24, 2.45) is 5.73 Å². The topological polar surface area (TPSA) is 66.6 Å². The van der Waals surface area contributed by atoms with Crippen molar-refractivity contribution in [2.75, 3.05) is 19.6 Å². The van der Waals surface area contributed by atoms with Crippen molar-refractivity contribution in [3.63, 3.8) is 0 Å². The summed E-state index contributed by atoms with van der Waals surface area (Å²) in [6, 6.07) is 0. The number of hydrogen-bond donors (Lipinski definition) is 2. The van der Waals surface area contributed by atoms with Crippen molar-refractivity contribution in [3.8, 4) is 0 Å². The maximum absolute atomic E-state index is 11.1. The zero-order valence-electron chi connectivity index (χ0n) is 6.49. The van der Waals surface area contributed by atoms with Crippen molar-refractivity contribution in [1.29, 1.82) is 0 Å². The number of piperidine rings is 1. The number of rotatable bonds is 2. The number of aliphatic hydroxyl groups is 1. The average molecular weight is 158 g/mol. The molecule has 0 aromatic heterocycles. The van der Waals surface area contributed by atoms with Gasteiger partial charge in [-0.25, -0.2) is 0 Å². The third-order valence-corrected chi connectivity index (χ3v) is 1.90. The van der Waals surface area contributed by atoms with Gasteiger partial charge in [0.25, 0.3) is 5.91 Å². The van der Waals surface area contributed by atoms with E-state index < -0.39 is 6.10 Å². The first-order chi connectivity index (χ1) is 5.25. The van der Waals surface area contributed by atoms with E-state index in [2.05, 4.69) is 0 Å². The molecule has 3 N–H and O–H groups in total. The van der Waals surface area contributed by atoms with Crippen molar-refractivity contribution < 1.29 is 9.90 Å². The average Bonchev–Trinajstić information content (AvgIpc) is 1.99. The lowest BCUT2D eigenvalue weighted by molar-refractivity contribution is -0.143. The van der Waals surface area contributed by atoms with Gasteiger partial charge in [-0.15, -0.1) is 0 Å². The van der Waals surface area contributed by atoms with Crippen LogP contribution >= 0.6 is 0 Å². The SMILES string of the molecule is NCCN1CCCC(O)C1=O. The van der Waals surface area contributed by atoms with E-state index >= 15 is 0 Å². The van der Waals surface area contributed by atoms with Crippen LogP contribution < -0.4 is 5.73 Å². The van der Waals surface area contributed by atoms with Crippen LogP contribution in [0, 0.1) is 0 Å². The lowest BCUT2D eigenvalue weighted by atomic mass is 10.1. The van der Waals surface area contributed by atoms with E-state index in [0.717, 1.165) is 13.0 Å². The second kappa shape index (κ2) is 3.69. The van der Waals surface area contributed by atoms with E-state index in [1.165, 1.54) is 0 Å². The van der Waals surface area contributed by atoms with E-state index in [1.54, 1.807) is 4.90 Å². The molecule has 0 saturated carbocycles.